The van der Waals surface area contributed by atoms with Crippen molar-refractivity contribution in [1.82, 2.24) is 14.6 Å². The summed E-state index contributed by atoms with van der Waals surface area (Å²) in [7, 11) is 0. The van der Waals surface area contributed by atoms with Gasteiger partial charge in [-0.15, -0.1) is 0 Å². The molecule has 126 valence electrons. The maximum atomic E-state index is 13.7. The first-order valence-electron chi connectivity index (χ1n) is 7.33. The first-order valence-corrected chi connectivity index (χ1v) is 9.53. The average Bonchev–Trinajstić information content (AvgIpc) is 2.94. The summed E-state index contributed by atoms with van der Waals surface area (Å²) in [5.41, 5.74) is 1.53. The minimum absolute atomic E-state index is 0.165. The molecule has 8 heteroatoms. The van der Waals surface area contributed by atoms with Crippen LogP contribution in [0.15, 0.2) is 36.7 Å². The van der Waals surface area contributed by atoms with Crippen molar-refractivity contribution >= 4 is 50.0 Å². The summed E-state index contributed by atoms with van der Waals surface area (Å²) in [6, 6.07) is 6.22. The molecular formula is C16H15BrFIN4O. The topological polar surface area (TPSA) is 51.5 Å². The number of anilines is 1. The molecule has 0 fully saturated rings. The predicted molar refractivity (Wildman–Crippen MR) is 103 cm³/mol. The van der Waals surface area contributed by atoms with Crippen LogP contribution in [0.5, 0.6) is 5.75 Å². The highest BCUT2D eigenvalue weighted by Gasteiger charge is 2.14. The Balaban J connectivity index is 1.86. The number of benzene rings is 1. The standard InChI is InChI=1S/C16H15BrFIN4O/c1-10(12-8-11(18)2-3-14(12)24-7-5-17)21-15-4-6-23-16(22-15)13(19)9-20-23/h2-4,6,8-10H,5,7H2,1H3,(H,21,22). The Kier molecular flexibility index (Phi) is 5.54. The Morgan fingerprint density at radius 1 is 1.42 bits per heavy atom. The van der Waals surface area contributed by atoms with Crippen LogP contribution in [-0.2, 0) is 0 Å². The lowest BCUT2D eigenvalue weighted by atomic mass is 10.1. The lowest BCUT2D eigenvalue weighted by Gasteiger charge is -2.19. The van der Waals surface area contributed by atoms with Gasteiger partial charge in [0.15, 0.2) is 5.65 Å². The number of fused-ring (bicyclic) bond motifs is 1. The van der Waals surface area contributed by atoms with Crippen LogP contribution < -0.4 is 10.1 Å². The Morgan fingerprint density at radius 2 is 2.25 bits per heavy atom. The Hall–Kier alpha value is -1.42. The maximum Gasteiger partial charge on any atom is 0.170 e. The Bertz CT molecular complexity index is 857. The van der Waals surface area contributed by atoms with Crippen molar-refractivity contribution in [3.05, 3.63) is 51.6 Å². The molecule has 0 spiro atoms. The van der Waals surface area contributed by atoms with E-state index < -0.39 is 0 Å². The summed E-state index contributed by atoms with van der Waals surface area (Å²) in [5, 5.41) is 8.21. The molecule has 0 amide bonds. The highest BCUT2D eigenvalue weighted by Crippen LogP contribution is 2.28. The number of hydrogen-bond acceptors (Lipinski definition) is 4. The van der Waals surface area contributed by atoms with E-state index in [4.69, 9.17) is 4.74 Å². The van der Waals surface area contributed by atoms with Gasteiger partial charge in [-0.3, -0.25) is 0 Å². The average molecular weight is 505 g/mol. The van der Waals surface area contributed by atoms with Gasteiger partial charge < -0.3 is 10.1 Å². The van der Waals surface area contributed by atoms with Gasteiger partial charge in [-0.05, 0) is 53.8 Å². The molecule has 1 N–H and O–H groups in total. The van der Waals surface area contributed by atoms with Gasteiger partial charge >= 0.3 is 0 Å². The molecular weight excluding hydrogens is 490 g/mol. The van der Waals surface area contributed by atoms with Crippen LogP contribution in [0.1, 0.15) is 18.5 Å². The van der Waals surface area contributed by atoms with E-state index in [1.807, 2.05) is 19.2 Å². The van der Waals surface area contributed by atoms with Crippen molar-refractivity contribution in [2.45, 2.75) is 13.0 Å². The van der Waals surface area contributed by atoms with Crippen molar-refractivity contribution < 1.29 is 9.13 Å². The van der Waals surface area contributed by atoms with Crippen molar-refractivity contribution in [2.24, 2.45) is 0 Å². The zero-order chi connectivity index (χ0) is 17.1. The third-order valence-electron chi connectivity index (χ3n) is 3.46. The summed E-state index contributed by atoms with van der Waals surface area (Å²) in [6.07, 6.45) is 3.60. The van der Waals surface area contributed by atoms with Crippen LogP contribution in [0.4, 0.5) is 10.2 Å². The SMILES string of the molecule is CC(Nc1ccn2ncc(I)c2n1)c1cc(F)ccc1OCCBr. The summed E-state index contributed by atoms with van der Waals surface area (Å²) in [5.74, 6) is 1.07. The highest BCUT2D eigenvalue weighted by atomic mass is 127. The molecule has 1 aromatic carbocycles. The number of alkyl halides is 1. The number of nitrogens with zero attached hydrogens (tertiary/aromatic N) is 3. The molecule has 0 saturated carbocycles. The van der Waals surface area contributed by atoms with E-state index in [2.05, 4.69) is 53.9 Å². The third kappa shape index (κ3) is 3.80. The van der Waals surface area contributed by atoms with Crippen LogP contribution in [0.25, 0.3) is 5.65 Å². The van der Waals surface area contributed by atoms with Crippen LogP contribution >= 0.6 is 38.5 Å². The van der Waals surface area contributed by atoms with Crippen LogP contribution in [-0.4, -0.2) is 26.5 Å². The summed E-state index contributed by atoms with van der Waals surface area (Å²) >= 11 is 5.52. The second kappa shape index (κ2) is 7.64. The molecule has 0 radical (unpaired) electrons. The van der Waals surface area contributed by atoms with Crippen LogP contribution in [0.3, 0.4) is 0 Å². The van der Waals surface area contributed by atoms with Crippen LogP contribution in [0, 0.1) is 9.39 Å². The first-order chi connectivity index (χ1) is 11.6. The fourth-order valence-corrected chi connectivity index (χ4v) is 3.01. The van der Waals surface area contributed by atoms with E-state index in [0.29, 0.717) is 23.5 Å². The van der Waals surface area contributed by atoms with E-state index in [0.717, 1.165) is 14.8 Å². The number of halogens is 3. The van der Waals surface area contributed by atoms with E-state index in [1.165, 1.54) is 12.1 Å². The molecule has 0 saturated heterocycles. The predicted octanol–water partition coefficient (Wildman–Crippen LogP) is 4.42. The fourth-order valence-electron chi connectivity index (χ4n) is 2.36. The van der Waals surface area contributed by atoms with E-state index in [9.17, 15) is 4.39 Å². The molecule has 1 atom stereocenters. The van der Waals surface area contributed by atoms with Gasteiger partial charge in [0.1, 0.15) is 17.4 Å². The second-order valence-electron chi connectivity index (χ2n) is 5.16. The zero-order valence-corrected chi connectivity index (χ0v) is 16.6. The molecule has 0 aliphatic rings. The molecule has 0 aliphatic heterocycles. The summed E-state index contributed by atoms with van der Waals surface area (Å²) in [6.45, 7) is 2.46. The normalized spacial score (nSPS) is 12.3. The summed E-state index contributed by atoms with van der Waals surface area (Å²) in [4.78, 5) is 4.55. The van der Waals surface area contributed by atoms with Gasteiger partial charge in [-0.25, -0.2) is 13.9 Å². The van der Waals surface area contributed by atoms with Gasteiger partial charge in [-0.2, -0.15) is 5.10 Å². The number of ether oxygens (including phenoxy) is 1. The summed E-state index contributed by atoms with van der Waals surface area (Å²) < 4.78 is 22.0. The van der Waals surface area contributed by atoms with Crippen molar-refractivity contribution in [2.75, 3.05) is 17.3 Å². The van der Waals surface area contributed by atoms with Crippen molar-refractivity contribution in [3.8, 4) is 5.75 Å². The molecule has 0 bridgehead atoms. The maximum absolute atomic E-state index is 13.7. The molecule has 5 nitrogen and oxygen atoms in total. The van der Waals surface area contributed by atoms with Gasteiger partial charge in [0, 0.05) is 17.1 Å². The largest absolute Gasteiger partial charge is 0.492 e. The number of rotatable bonds is 6. The smallest absolute Gasteiger partial charge is 0.170 e. The number of hydrogen-bond donors (Lipinski definition) is 1. The molecule has 1 unspecified atom stereocenters. The third-order valence-corrected chi connectivity index (χ3v) is 4.55. The molecule has 0 aliphatic carbocycles. The minimum atomic E-state index is -0.293. The van der Waals surface area contributed by atoms with E-state index >= 15 is 0 Å². The second-order valence-corrected chi connectivity index (χ2v) is 7.11. The highest BCUT2D eigenvalue weighted by molar-refractivity contribution is 14.1. The van der Waals surface area contributed by atoms with Crippen molar-refractivity contribution in [3.63, 3.8) is 0 Å². The Morgan fingerprint density at radius 3 is 3.04 bits per heavy atom. The monoisotopic (exact) mass is 504 g/mol. The zero-order valence-electron chi connectivity index (χ0n) is 12.8. The number of nitrogens with one attached hydrogen (secondary N) is 1. The Labute approximate surface area is 160 Å². The van der Waals surface area contributed by atoms with E-state index in [-0.39, 0.29) is 11.9 Å². The quantitative estimate of drug-likeness (QED) is 0.399. The molecule has 2 aromatic heterocycles. The lowest BCUT2D eigenvalue weighted by molar-refractivity contribution is 0.339. The number of aromatic nitrogens is 3. The van der Waals surface area contributed by atoms with Gasteiger partial charge in [0.25, 0.3) is 0 Å². The van der Waals surface area contributed by atoms with Gasteiger partial charge in [-0.1, -0.05) is 15.9 Å². The van der Waals surface area contributed by atoms with Gasteiger partial charge in [0.05, 0.1) is 22.4 Å². The fraction of sp³-hybridized carbons (Fsp3) is 0.250. The molecule has 3 aromatic rings. The molecule has 24 heavy (non-hydrogen) atoms. The van der Waals surface area contributed by atoms with E-state index in [1.54, 1.807) is 16.8 Å². The molecule has 2 heterocycles. The van der Waals surface area contributed by atoms with Crippen LogP contribution in [0.2, 0.25) is 0 Å². The minimum Gasteiger partial charge on any atom is -0.492 e. The first kappa shape index (κ1) is 17.4. The lowest BCUT2D eigenvalue weighted by Crippen LogP contribution is -2.11. The van der Waals surface area contributed by atoms with Crippen molar-refractivity contribution in [1.29, 1.82) is 0 Å². The molecule has 3 rings (SSSR count). The van der Waals surface area contributed by atoms with Gasteiger partial charge in [0.2, 0.25) is 0 Å².